The van der Waals surface area contributed by atoms with Crippen molar-refractivity contribution in [1.29, 1.82) is 0 Å². The number of carbonyl (C=O) groups excluding carboxylic acids is 1. The summed E-state index contributed by atoms with van der Waals surface area (Å²) in [7, 11) is 1.78. The second kappa shape index (κ2) is 5.38. The molecule has 1 aromatic rings. The molecule has 0 aliphatic heterocycles. The number of aryl methyl sites for hydroxylation is 1. The van der Waals surface area contributed by atoms with Gasteiger partial charge in [-0.25, -0.2) is 0 Å². The molecule has 1 heterocycles. The molecule has 1 aromatic heterocycles. The Morgan fingerprint density at radius 3 is 2.59 bits per heavy atom. The highest BCUT2D eigenvalue weighted by Gasteiger charge is 2.24. The van der Waals surface area contributed by atoms with Gasteiger partial charge in [0, 0.05) is 13.6 Å². The lowest BCUT2D eigenvalue weighted by Crippen LogP contribution is -2.39. The van der Waals surface area contributed by atoms with Crippen LogP contribution in [0.3, 0.4) is 0 Å². The van der Waals surface area contributed by atoms with Crippen LogP contribution in [0.5, 0.6) is 0 Å². The van der Waals surface area contributed by atoms with Crippen LogP contribution in [0, 0.1) is 12.3 Å². The second-order valence-electron chi connectivity index (χ2n) is 5.09. The van der Waals surface area contributed by atoms with E-state index in [1.807, 2.05) is 26.2 Å². The van der Waals surface area contributed by atoms with Crippen molar-refractivity contribution in [2.24, 2.45) is 11.1 Å². The van der Waals surface area contributed by atoms with E-state index in [1.54, 1.807) is 11.9 Å². The van der Waals surface area contributed by atoms with Crippen molar-refractivity contribution in [3.63, 3.8) is 0 Å². The Labute approximate surface area is 112 Å². The maximum absolute atomic E-state index is 12.2. The van der Waals surface area contributed by atoms with E-state index in [9.17, 15) is 4.79 Å². The van der Waals surface area contributed by atoms with Crippen LogP contribution >= 0.6 is 22.9 Å². The van der Waals surface area contributed by atoms with E-state index >= 15 is 0 Å². The summed E-state index contributed by atoms with van der Waals surface area (Å²) in [6, 6.07) is 0. The number of amides is 1. The summed E-state index contributed by atoms with van der Waals surface area (Å²) in [4.78, 5) is 14.5. The molecular weight excluding hydrogens is 256 g/mol. The van der Waals surface area contributed by atoms with E-state index in [1.165, 1.54) is 11.3 Å². The number of nitrogens with zero attached hydrogens (tertiary/aromatic N) is 1. The van der Waals surface area contributed by atoms with Gasteiger partial charge in [0.15, 0.2) is 0 Å². The van der Waals surface area contributed by atoms with Gasteiger partial charge in [-0.1, -0.05) is 25.4 Å². The highest BCUT2D eigenvalue weighted by molar-refractivity contribution is 7.13. The molecule has 0 aliphatic carbocycles. The highest BCUT2D eigenvalue weighted by atomic mass is 35.5. The highest BCUT2D eigenvalue weighted by Crippen LogP contribution is 2.28. The number of nitrogens with two attached hydrogens (primary N) is 1. The normalized spacial score (nSPS) is 11.6. The Balaban J connectivity index is 2.81. The number of hydrogen-bond donors (Lipinski definition) is 1. The van der Waals surface area contributed by atoms with E-state index in [2.05, 4.69) is 0 Å². The minimum atomic E-state index is -0.0802. The van der Waals surface area contributed by atoms with Crippen molar-refractivity contribution in [2.75, 3.05) is 20.1 Å². The molecule has 1 amide bonds. The van der Waals surface area contributed by atoms with Gasteiger partial charge in [-0.2, -0.15) is 0 Å². The SMILES string of the molecule is Cc1csc(C(=O)N(C)CC(C)(C)CN)c1Cl. The van der Waals surface area contributed by atoms with Gasteiger partial charge in [-0.3, -0.25) is 4.79 Å². The topological polar surface area (TPSA) is 46.3 Å². The van der Waals surface area contributed by atoms with Crippen LogP contribution in [0.2, 0.25) is 5.02 Å². The van der Waals surface area contributed by atoms with Gasteiger partial charge < -0.3 is 10.6 Å². The molecule has 0 saturated heterocycles. The molecule has 0 unspecified atom stereocenters. The maximum atomic E-state index is 12.2. The average Bonchev–Trinajstić information content (AvgIpc) is 2.58. The molecule has 96 valence electrons. The van der Waals surface area contributed by atoms with Gasteiger partial charge in [0.05, 0.1) is 5.02 Å². The first kappa shape index (κ1) is 14.5. The number of rotatable bonds is 4. The third-order valence-electron chi connectivity index (χ3n) is 2.66. The average molecular weight is 275 g/mol. The van der Waals surface area contributed by atoms with Gasteiger partial charge >= 0.3 is 0 Å². The predicted octanol–water partition coefficient (Wildman–Crippen LogP) is 2.77. The van der Waals surface area contributed by atoms with Crippen LogP contribution in [-0.2, 0) is 0 Å². The van der Waals surface area contributed by atoms with Crippen LogP contribution < -0.4 is 5.73 Å². The Morgan fingerprint density at radius 2 is 2.18 bits per heavy atom. The quantitative estimate of drug-likeness (QED) is 0.918. The van der Waals surface area contributed by atoms with E-state index in [0.29, 0.717) is 23.0 Å². The molecule has 0 atom stereocenters. The fraction of sp³-hybridized carbons (Fsp3) is 0.583. The zero-order chi connectivity index (χ0) is 13.2. The molecule has 3 nitrogen and oxygen atoms in total. The van der Waals surface area contributed by atoms with E-state index < -0.39 is 0 Å². The Morgan fingerprint density at radius 1 is 1.59 bits per heavy atom. The van der Waals surface area contributed by atoms with Crippen molar-refractivity contribution < 1.29 is 4.79 Å². The van der Waals surface area contributed by atoms with Crippen molar-refractivity contribution >= 4 is 28.8 Å². The summed E-state index contributed by atoms with van der Waals surface area (Å²) >= 11 is 7.48. The van der Waals surface area contributed by atoms with Crippen molar-refractivity contribution in [2.45, 2.75) is 20.8 Å². The minimum Gasteiger partial charge on any atom is -0.340 e. The van der Waals surface area contributed by atoms with Crippen LogP contribution in [0.1, 0.15) is 29.1 Å². The molecule has 17 heavy (non-hydrogen) atoms. The molecule has 0 radical (unpaired) electrons. The fourth-order valence-corrected chi connectivity index (χ4v) is 2.79. The first-order valence-corrected chi connectivity index (χ1v) is 6.73. The van der Waals surface area contributed by atoms with Gasteiger partial charge in [-0.05, 0) is 29.8 Å². The smallest absolute Gasteiger partial charge is 0.265 e. The number of carbonyl (C=O) groups is 1. The molecule has 0 bridgehead atoms. The zero-order valence-electron chi connectivity index (χ0n) is 10.7. The van der Waals surface area contributed by atoms with Gasteiger partial charge in [0.25, 0.3) is 5.91 Å². The molecule has 5 heteroatoms. The second-order valence-corrected chi connectivity index (χ2v) is 6.35. The summed E-state index contributed by atoms with van der Waals surface area (Å²) in [5, 5.41) is 2.47. The van der Waals surface area contributed by atoms with Crippen molar-refractivity contribution in [3.05, 3.63) is 20.8 Å². The lowest BCUT2D eigenvalue weighted by atomic mass is 9.93. The van der Waals surface area contributed by atoms with Crippen LogP contribution in [0.4, 0.5) is 0 Å². The standard InChI is InChI=1S/C12H19ClN2OS/c1-8-5-17-10(9(8)13)11(16)15(4)7-12(2,3)6-14/h5H,6-7,14H2,1-4H3. The number of hydrogen-bond acceptors (Lipinski definition) is 3. The Kier molecular flexibility index (Phi) is 4.58. The largest absolute Gasteiger partial charge is 0.340 e. The summed E-state index contributed by atoms with van der Waals surface area (Å²) in [6.45, 7) is 7.15. The fourth-order valence-electron chi connectivity index (χ4n) is 1.53. The van der Waals surface area contributed by atoms with Crippen LogP contribution in [0.25, 0.3) is 0 Å². The minimum absolute atomic E-state index is 0.0328. The lowest BCUT2D eigenvalue weighted by molar-refractivity contribution is 0.0745. The third kappa shape index (κ3) is 3.44. The zero-order valence-corrected chi connectivity index (χ0v) is 12.3. The van der Waals surface area contributed by atoms with E-state index in [-0.39, 0.29) is 11.3 Å². The first-order valence-electron chi connectivity index (χ1n) is 5.47. The number of thiophene rings is 1. The predicted molar refractivity (Wildman–Crippen MR) is 73.9 cm³/mol. The lowest BCUT2D eigenvalue weighted by Gasteiger charge is -2.28. The maximum Gasteiger partial charge on any atom is 0.265 e. The molecule has 0 aliphatic rings. The van der Waals surface area contributed by atoms with Gasteiger partial charge in [0.2, 0.25) is 0 Å². The van der Waals surface area contributed by atoms with Crippen molar-refractivity contribution in [1.82, 2.24) is 4.90 Å². The van der Waals surface area contributed by atoms with E-state index in [4.69, 9.17) is 17.3 Å². The number of halogens is 1. The summed E-state index contributed by atoms with van der Waals surface area (Å²) < 4.78 is 0. The van der Waals surface area contributed by atoms with Crippen LogP contribution in [-0.4, -0.2) is 30.9 Å². The molecule has 0 aromatic carbocycles. The summed E-state index contributed by atoms with van der Waals surface area (Å²) in [5.41, 5.74) is 6.54. The van der Waals surface area contributed by atoms with Crippen molar-refractivity contribution in [3.8, 4) is 0 Å². The third-order valence-corrected chi connectivity index (χ3v) is 4.34. The van der Waals surface area contributed by atoms with E-state index in [0.717, 1.165) is 5.56 Å². The summed E-state index contributed by atoms with van der Waals surface area (Å²) in [6.07, 6.45) is 0. The summed E-state index contributed by atoms with van der Waals surface area (Å²) in [5.74, 6) is -0.0328. The van der Waals surface area contributed by atoms with Gasteiger partial charge in [0.1, 0.15) is 4.88 Å². The van der Waals surface area contributed by atoms with Gasteiger partial charge in [-0.15, -0.1) is 11.3 Å². The molecule has 0 saturated carbocycles. The Hall–Kier alpha value is -0.580. The molecular formula is C12H19ClN2OS. The molecule has 0 fully saturated rings. The molecule has 0 spiro atoms. The molecule has 2 N–H and O–H groups in total. The molecule has 1 rings (SSSR count). The Bertz CT molecular complexity index is 415. The monoisotopic (exact) mass is 274 g/mol. The van der Waals surface area contributed by atoms with Crippen LogP contribution in [0.15, 0.2) is 5.38 Å². The first-order chi connectivity index (χ1) is 7.78.